The number of allylic oxidation sites excluding steroid dienone is 3. The molecular formula is C16H18S. The molecule has 0 aliphatic rings. The molecular weight excluding hydrogens is 224 g/mol. The molecule has 0 unspecified atom stereocenters. The maximum atomic E-state index is 3.97. The first-order chi connectivity index (χ1) is 8.15. The van der Waals surface area contributed by atoms with E-state index in [1.165, 1.54) is 10.5 Å². The van der Waals surface area contributed by atoms with Gasteiger partial charge in [-0.25, -0.2) is 0 Å². The first-order valence-corrected chi connectivity index (χ1v) is 6.58. The number of thioether (sulfide) groups is 1. The minimum absolute atomic E-state index is 0.903. The Morgan fingerprint density at radius 2 is 2.00 bits per heavy atom. The van der Waals surface area contributed by atoms with Gasteiger partial charge in [-0.3, -0.25) is 0 Å². The van der Waals surface area contributed by atoms with Gasteiger partial charge in [0.1, 0.15) is 0 Å². The average Bonchev–Trinajstić information content (AvgIpc) is 2.35. The summed E-state index contributed by atoms with van der Waals surface area (Å²) >= 11 is 1.66. The van der Waals surface area contributed by atoms with Crippen LogP contribution >= 0.6 is 11.8 Å². The van der Waals surface area contributed by atoms with Crippen molar-refractivity contribution in [2.75, 3.05) is 0 Å². The van der Waals surface area contributed by atoms with E-state index in [-0.39, 0.29) is 0 Å². The summed E-state index contributed by atoms with van der Waals surface area (Å²) in [7, 11) is 0. The standard InChI is InChI=1S/C16H18S/c1-5-16(6-2)17-14(4)9-12-15-10-7-13(3)8-11-15/h5,7-8,10-11H,4,6H2,1-3H3. The van der Waals surface area contributed by atoms with Gasteiger partial charge >= 0.3 is 0 Å². The third kappa shape index (κ3) is 4.97. The Balaban J connectivity index is 2.66. The van der Waals surface area contributed by atoms with Crippen LogP contribution in [0, 0.1) is 18.8 Å². The van der Waals surface area contributed by atoms with Crippen LogP contribution in [0.4, 0.5) is 0 Å². The number of aryl methyl sites for hydroxylation is 1. The molecule has 1 heteroatoms. The zero-order valence-electron chi connectivity index (χ0n) is 10.7. The van der Waals surface area contributed by atoms with E-state index in [1.54, 1.807) is 11.8 Å². The van der Waals surface area contributed by atoms with Crippen LogP contribution in [0.25, 0.3) is 0 Å². The molecule has 0 amide bonds. The minimum atomic E-state index is 0.903. The summed E-state index contributed by atoms with van der Waals surface area (Å²) in [4.78, 5) is 2.22. The lowest BCUT2D eigenvalue weighted by molar-refractivity contribution is 1.19. The molecule has 1 aromatic rings. The van der Waals surface area contributed by atoms with Gasteiger partial charge < -0.3 is 0 Å². The topological polar surface area (TPSA) is 0 Å². The summed E-state index contributed by atoms with van der Waals surface area (Å²) in [5.41, 5.74) is 2.29. The second-order valence-electron chi connectivity index (χ2n) is 3.75. The molecule has 0 aliphatic heterocycles. The van der Waals surface area contributed by atoms with Gasteiger partial charge in [0, 0.05) is 5.56 Å². The summed E-state index contributed by atoms with van der Waals surface area (Å²) in [6.07, 6.45) is 3.15. The van der Waals surface area contributed by atoms with E-state index in [2.05, 4.69) is 50.5 Å². The van der Waals surface area contributed by atoms with Crippen LogP contribution in [0.1, 0.15) is 31.4 Å². The van der Waals surface area contributed by atoms with E-state index in [0.717, 1.165) is 16.9 Å². The first kappa shape index (κ1) is 13.7. The Morgan fingerprint density at radius 1 is 1.35 bits per heavy atom. The van der Waals surface area contributed by atoms with Crippen LogP contribution in [0.5, 0.6) is 0 Å². The van der Waals surface area contributed by atoms with Crippen molar-refractivity contribution in [2.24, 2.45) is 0 Å². The fourth-order valence-corrected chi connectivity index (χ4v) is 1.98. The van der Waals surface area contributed by atoms with Crippen LogP contribution in [0.2, 0.25) is 0 Å². The summed E-state index contributed by atoms with van der Waals surface area (Å²) in [6, 6.07) is 8.22. The van der Waals surface area contributed by atoms with E-state index in [4.69, 9.17) is 0 Å². The van der Waals surface area contributed by atoms with Crippen LogP contribution < -0.4 is 0 Å². The third-order valence-electron chi connectivity index (χ3n) is 2.32. The van der Waals surface area contributed by atoms with Crippen LogP contribution in [-0.4, -0.2) is 0 Å². The minimum Gasteiger partial charge on any atom is -0.0863 e. The predicted molar refractivity (Wildman–Crippen MR) is 78.8 cm³/mol. The van der Waals surface area contributed by atoms with E-state index in [1.807, 2.05) is 19.1 Å². The molecule has 0 saturated heterocycles. The van der Waals surface area contributed by atoms with Gasteiger partial charge in [0.15, 0.2) is 0 Å². The molecule has 0 radical (unpaired) electrons. The molecule has 0 saturated carbocycles. The maximum absolute atomic E-state index is 3.97. The molecule has 1 aromatic carbocycles. The van der Waals surface area contributed by atoms with Crippen molar-refractivity contribution in [3.8, 4) is 11.8 Å². The van der Waals surface area contributed by atoms with Crippen LogP contribution in [0.15, 0.2) is 46.7 Å². The summed E-state index contributed by atoms with van der Waals surface area (Å²) in [5.74, 6) is 6.22. The number of benzene rings is 1. The summed E-state index contributed by atoms with van der Waals surface area (Å²) in [6.45, 7) is 10.2. The van der Waals surface area contributed by atoms with Gasteiger partial charge in [-0.2, -0.15) is 0 Å². The zero-order chi connectivity index (χ0) is 12.7. The summed E-state index contributed by atoms with van der Waals surface area (Å²) < 4.78 is 0. The number of hydrogen-bond donors (Lipinski definition) is 0. The normalized spacial score (nSPS) is 10.6. The van der Waals surface area contributed by atoms with E-state index < -0.39 is 0 Å². The highest BCUT2D eigenvalue weighted by Gasteiger charge is 1.95. The van der Waals surface area contributed by atoms with Gasteiger partial charge in [-0.1, -0.05) is 60.9 Å². The van der Waals surface area contributed by atoms with Gasteiger partial charge in [0.05, 0.1) is 4.91 Å². The quantitative estimate of drug-likeness (QED) is 0.679. The Morgan fingerprint density at radius 3 is 2.53 bits per heavy atom. The molecule has 1 rings (SSSR count). The van der Waals surface area contributed by atoms with E-state index in [0.29, 0.717) is 0 Å². The monoisotopic (exact) mass is 242 g/mol. The molecule has 0 N–H and O–H groups in total. The highest BCUT2D eigenvalue weighted by atomic mass is 32.2. The second kappa shape index (κ2) is 7.04. The molecule has 88 valence electrons. The molecule has 0 spiro atoms. The molecule has 0 fully saturated rings. The highest BCUT2D eigenvalue weighted by Crippen LogP contribution is 2.25. The molecule has 0 nitrogen and oxygen atoms in total. The van der Waals surface area contributed by atoms with E-state index >= 15 is 0 Å². The molecule has 0 heterocycles. The fourth-order valence-electron chi connectivity index (χ4n) is 1.30. The Kier molecular flexibility index (Phi) is 5.66. The number of hydrogen-bond acceptors (Lipinski definition) is 1. The number of rotatable bonds is 3. The Labute approximate surface area is 109 Å². The third-order valence-corrected chi connectivity index (χ3v) is 3.46. The van der Waals surface area contributed by atoms with Crippen molar-refractivity contribution in [1.29, 1.82) is 0 Å². The van der Waals surface area contributed by atoms with Crippen molar-refractivity contribution in [3.63, 3.8) is 0 Å². The second-order valence-corrected chi connectivity index (χ2v) is 4.97. The maximum Gasteiger partial charge on any atom is 0.0550 e. The van der Waals surface area contributed by atoms with Crippen molar-refractivity contribution >= 4 is 11.8 Å². The van der Waals surface area contributed by atoms with Crippen LogP contribution in [-0.2, 0) is 0 Å². The highest BCUT2D eigenvalue weighted by molar-refractivity contribution is 8.07. The van der Waals surface area contributed by atoms with Gasteiger partial charge in [-0.15, -0.1) is 0 Å². The van der Waals surface area contributed by atoms with E-state index in [9.17, 15) is 0 Å². The van der Waals surface area contributed by atoms with Gasteiger partial charge in [0.25, 0.3) is 0 Å². The average molecular weight is 242 g/mol. The Hall–Kier alpha value is -1.39. The van der Waals surface area contributed by atoms with Crippen molar-refractivity contribution in [2.45, 2.75) is 27.2 Å². The fraction of sp³-hybridized carbons (Fsp3) is 0.250. The van der Waals surface area contributed by atoms with Crippen molar-refractivity contribution < 1.29 is 0 Å². The van der Waals surface area contributed by atoms with Gasteiger partial charge in [-0.05, 0) is 37.3 Å². The SMILES string of the molecule is C=C(C#Cc1ccc(C)cc1)SC(=CC)CC. The molecule has 0 bridgehead atoms. The van der Waals surface area contributed by atoms with Crippen molar-refractivity contribution in [3.05, 3.63) is 57.9 Å². The lowest BCUT2D eigenvalue weighted by Gasteiger charge is -2.00. The van der Waals surface area contributed by atoms with Gasteiger partial charge in [0.2, 0.25) is 0 Å². The lowest BCUT2D eigenvalue weighted by Crippen LogP contribution is -1.77. The zero-order valence-corrected chi connectivity index (χ0v) is 11.5. The van der Waals surface area contributed by atoms with Crippen LogP contribution in [0.3, 0.4) is 0 Å². The smallest absolute Gasteiger partial charge is 0.0550 e. The Bertz CT molecular complexity index is 466. The summed E-state index contributed by atoms with van der Waals surface area (Å²) in [5, 5.41) is 0. The molecule has 0 aromatic heterocycles. The lowest BCUT2D eigenvalue weighted by atomic mass is 10.2. The molecule has 0 aliphatic carbocycles. The first-order valence-electron chi connectivity index (χ1n) is 5.76. The molecule has 17 heavy (non-hydrogen) atoms. The molecule has 0 atom stereocenters. The predicted octanol–water partition coefficient (Wildman–Crippen LogP) is 4.91. The van der Waals surface area contributed by atoms with Crippen molar-refractivity contribution in [1.82, 2.24) is 0 Å². The largest absolute Gasteiger partial charge is 0.0863 e.